The van der Waals surface area contributed by atoms with Crippen molar-refractivity contribution in [3.8, 4) is 0 Å². The van der Waals surface area contributed by atoms with E-state index in [2.05, 4.69) is 26.5 Å². The van der Waals surface area contributed by atoms with Crippen LogP contribution in [0.15, 0.2) is 36.4 Å². The number of hydrogen-bond donors (Lipinski definition) is 1. The van der Waals surface area contributed by atoms with Gasteiger partial charge in [0.1, 0.15) is 0 Å². The molecule has 0 spiro atoms. The van der Waals surface area contributed by atoms with E-state index in [0.717, 1.165) is 48.7 Å². The van der Waals surface area contributed by atoms with Gasteiger partial charge < -0.3 is 10.2 Å². The van der Waals surface area contributed by atoms with Crippen LogP contribution in [0, 0.1) is 19.8 Å². The Bertz CT molecular complexity index is 679. The number of amides is 1. The molecule has 1 fully saturated rings. The van der Waals surface area contributed by atoms with Crippen LogP contribution < -0.4 is 10.2 Å². The van der Waals surface area contributed by atoms with E-state index in [-0.39, 0.29) is 11.8 Å². The molecular formula is C18H22N4O. The molecule has 1 aliphatic heterocycles. The third-order valence-electron chi connectivity index (χ3n) is 4.45. The standard InChI is InChI=1S/C18H22N4O/c1-13-12-17(21-20-14(13)2)22-10-8-15(9-11-22)18(23)19-16-6-4-3-5-7-16/h3-7,12,15H,8-11H2,1-2H3,(H,19,23). The molecule has 1 aromatic carbocycles. The van der Waals surface area contributed by atoms with E-state index in [9.17, 15) is 4.79 Å². The first-order valence-electron chi connectivity index (χ1n) is 8.05. The molecule has 0 aliphatic carbocycles. The minimum atomic E-state index is 0.0611. The first kappa shape index (κ1) is 15.5. The lowest BCUT2D eigenvalue weighted by atomic mass is 9.95. The number of piperidine rings is 1. The number of hydrogen-bond acceptors (Lipinski definition) is 4. The number of carbonyl (C=O) groups excluding carboxylic acids is 1. The largest absolute Gasteiger partial charge is 0.355 e. The van der Waals surface area contributed by atoms with Gasteiger partial charge in [-0.1, -0.05) is 18.2 Å². The van der Waals surface area contributed by atoms with Crippen LogP contribution in [0.4, 0.5) is 11.5 Å². The molecule has 1 aromatic heterocycles. The van der Waals surface area contributed by atoms with E-state index in [0.29, 0.717) is 0 Å². The molecule has 5 nitrogen and oxygen atoms in total. The summed E-state index contributed by atoms with van der Waals surface area (Å²) in [4.78, 5) is 14.6. The van der Waals surface area contributed by atoms with Crippen molar-refractivity contribution < 1.29 is 4.79 Å². The molecule has 3 rings (SSSR count). The minimum Gasteiger partial charge on any atom is -0.355 e. The van der Waals surface area contributed by atoms with Crippen LogP contribution in [0.25, 0.3) is 0 Å². The molecule has 2 aromatic rings. The van der Waals surface area contributed by atoms with E-state index < -0.39 is 0 Å². The number of carbonyl (C=O) groups is 1. The topological polar surface area (TPSA) is 58.1 Å². The molecule has 2 heterocycles. The van der Waals surface area contributed by atoms with Gasteiger partial charge in [0.05, 0.1) is 5.69 Å². The van der Waals surface area contributed by atoms with Crippen LogP contribution in [0.3, 0.4) is 0 Å². The summed E-state index contributed by atoms with van der Waals surface area (Å²) in [6.07, 6.45) is 1.68. The number of aromatic nitrogens is 2. The van der Waals surface area contributed by atoms with Gasteiger partial charge in [-0.05, 0) is 50.5 Å². The predicted octanol–water partition coefficient (Wildman–Crippen LogP) is 2.95. The molecule has 0 atom stereocenters. The third kappa shape index (κ3) is 3.67. The van der Waals surface area contributed by atoms with Gasteiger partial charge >= 0.3 is 0 Å². The molecule has 1 amide bonds. The predicted molar refractivity (Wildman–Crippen MR) is 91.5 cm³/mol. The lowest BCUT2D eigenvalue weighted by molar-refractivity contribution is -0.120. The molecule has 0 radical (unpaired) electrons. The summed E-state index contributed by atoms with van der Waals surface area (Å²) in [5.74, 6) is 1.09. The van der Waals surface area contributed by atoms with Gasteiger partial charge in [0, 0.05) is 24.7 Å². The van der Waals surface area contributed by atoms with E-state index >= 15 is 0 Å². The second-order valence-corrected chi connectivity index (χ2v) is 6.09. The highest BCUT2D eigenvalue weighted by Crippen LogP contribution is 2.23. The Labute approximate surface area is 136 Å². The monoisotopic (exact) mass is 310 g/mol. The van der Waals surface area contributed by atoms with Crippen molar-refractivity contribution in [1.29, 1.82) is 0 Å². The Morgan fingerprint density at radius 1 is 1.13 bits per heavy atom. The summed E-state index contributed by atoms with van der Waals surface area (Å²) in [6.45, 7) is 5.69. The number of nitrogens with one attached hydrogen (secondary N) is 1. The molecule has 120 valence electrons. The maximum absolute atomic E-state index is 12.4. The fourth-order valence-corrected chi connectivity index (χ4v) is 2.82. The number of para-hydroxylation sites is 1. The summed E-state index contributed by atoms with van der Waals surface area (Å²) >= 11 is 0. The summed E-state index contributed by atoms with van der Waals surface area (Å²) in [6, 6.07) is 11.7. The van der Waals surface area contributed by atoms with Gasteiger partial charge in [-0.15, -0.1) is 5.10 Å². The molecule has 0 unspecified atom stereocenters. The summed E-state index contributed by atoms with van der Waals surface area (Å²) < 4.78 is 0. The lowest BCUT2D eigenvalue weighted by Gasteiger charge is -2.32. The van der Waals surface area contributed by atoms with Crippen molar-refractivity contribution >= 4 is 17.4 Å². The molecule has 0 saturated carbocycles. The van der Waals surface area contributed by atoms with Crippen LogP contribution in [0.1, 0.15) is 24.1 Å². The van der Waals surface area contributed by atoms with E-state index in [1.807, 2.05) is 44.2 Å². The fourth-order valence-electron chi connectivity index (χ4n) is 2.82. The van der Waals surface area contributed by atoms with Gasteiger partial charge in [0.25, 0.3) is 0 Å². The molecule has 1 aliphatic rings. The molecular weight excluding hydrogens is 288 g/mol. The normalized spacial score (nSPS) is 15.5. The SMILES string of the molecule is Cc1cc(N2CCC(C(=O)Nc3ccccc3)CC2)nnc1C. The molecule has 5 heteroatoms. The average molecular weight is 310 g/mol. The highest BCUT2D eigenvalue weighted by molar-refractivity contribution is 5.92. The third-order valence-corrected chi connectivity index (χ3v) is 4.45. The van der Waals surface area contributed by atoms with Crippen LogP contribution in [0.2, 0.25) is 0 Å². The first-order chi connectivity index (χ1) is 11.1. The number of nitrogens with zero attached hydrogens (tertiary/aromatic N) is 3. The van der Waals surface area contributed by atoms with Gasteiger partial charge in [-0.3, -0.25) is 4.79 Å². The van der Waals surface area contributed by atoms with Gasteiger partial charge in [-0.25, -0.2) is 0 Å². The quantitative estimate of drug-likeness (QED) is 0.947. The van der Waals surface area contributed by atoms with Crippen molar-refractivity contribution in [2.75, 3.05) is 23.3 Å². The first-order valence-corrected chi connectivity index (χ1v) is 8.05. The molecule has 1 N–H and O–H groups in total. The molecule has 0 bridgehead atoms. The van der Waals surface area contributed by atoms with E-state index in [4.69, 9.17) is 0 Å². The Kier molecular flexibility index (Phi) is 4.55. The summed E-state index contributed by atoms with van der Waals surface area (Å²) in [7, 11) is 0. The van der Waals surface area contributed by atoms with Gasteiger partial charge in [0.2, 0.25) is 5.91 Å². The van der Waals surface area contributed by atoms with Crippen molar-refractivity contribution in [3.05, 3.63) is 47.7 Å². The number of anilines is 2. The smallest absolute Gasteiger partial charge is 0.227 e. The number of rotatable bonds is 3. The van der Waals surface area contributed by atoms with Crippen molar-refractivity contribution in [3.63, 3.8) is 0 Å². The minimum absolute atomic E-state index is 0.0611. The Morgan fingerprint density at radius 3 is 2.48 bits per heavy atom. The van der Waals surface area contributed by atoms with Gasteiger partial charge in [0.15, 0.2) is 5.82 Å². The zero-order valence-corrected chi connectivity index (χ0v) is 13.6. The van der Waals surface area contributed by atoms with Crippen LogP contribution in [-0.4, -0.2) is 29.2 Å². The van der Waals surface area contributed by atoms with E-state index in [1.165, 1.54) is 0 Å². The lowest BCUT2D eigenvalue weighted by Crippen LogP contribution is -2.38. The maximum Gasteiger partial charge on any atom is 0.227 e. The van der Waals surface area contributed by atoms with Crippen molar-refractivity contribution in [2.24, 2.45) is 5.92 Å². The van der Waals surface area contributed by atoms with Gasteiger partial charge in [-0.2, -0.15) is 5.10 Å². The molecule has 1 saturated heterocycles. The Balaban J connectivity index is 1.57. The summed E-state index contributed by atoms with van der Waals surface area (Å²) in [5, 5.41) is 11.5. The number of benzene rings is 1. The van der Waals surface area contributed by atoms with Crippen molar-refractivity contribution in [2.45, 2.75) is 26.7 Å². The second kappa shape index (κ2) is 6.77. The zero-order valence-electron chi connectivity index (χ0n) is 13.6. The van der Waals surface area contributed by atoms with E-state index in [1.54, 1.807) is 0 Å². The Morgan fingerprint density at radius 2 is 1.83 bits per heavy atom. The second-order valence-electron chi connectivity index (χ2n) is 6.09. The molecule has 23 heavy (non-hydrogen) atoms. The Hall–Kier alpha value is -2.43. The zero-order chi connectivity index (χ0) is 16.2. The maximum atomic E-state index is 12.4. The summed E-state index contributed by atoms with van der Waals surface area (Å²) in [5.41, 5.74) is 2.98. The average Bonchev–Trinajstić information content (AvgIpc) is 2.58. The fraction of sp³-hybridized carbons (Fsp3) is 0.389. The van der Waals surface area contributed by atoms with Crippen molar-refractivity contribution in [1.82, 2.24) is 10.2 Å². The number of aryl methyl sites for hydroxylation is 2. The van der Waals surface area contributed by atoms with Crippen LogP contribution >= 0.6 is 0 Å². The van der Waals surface area contributed by atoms with Crippen LogP contribution in [0.5, 0.6) is 0 Å². The highest BCUT2D eigenvalue weighted by Gasteiger charge is 2.26. The van der Waals surface area contributed by atoms with Crippen LogP contribution in [-0.2, 0) is 4.79 Å². The highest BCUT2D eigenvalue weighted by atomic mass is 16.1.